The van der Waals surface area contributed by atoms with Crippen LogP contribution in [0.2, 0.25) is 0 Å². The third-order valence-corrected chi connectivity index (χ3v) is 5.61. The molecule has 0 aliphatic carbocycles. The molecule has 12 heteroatoms. The smallest absolute Gasteiger partial charge is 0.256 e. The number of aliphatic hydroxyl groups excluding tert-OH is 3. The molecule has 0 saturated heterocycles. The van der Waals surface area contributed by atoms with Crippen LogP contribution in [0.3, 0.4) is 0 Å². The van der Waals surface area contributed by atoms with Crippen LogP contribution in [0.1, 0.15) is 20.7 Å². The largest absolute Gasteiger partial charge is 0.394 e. The molecule has 0 aliphatic rings. The van der Waals surface area contributed by atoms with Crippen LogP contribution in [0.4, 0.5) is 5.69 Å². The molecule has 1 aromatic rings. The lowest BCUT2D eigenvalue weighted by atomic mass is 10.1. The van der Waals surface area contributed by atoms with Gasteiger partial charge in [-0.3, -0.25) is 14.4 Å². The first-order valence-electron chi connectivity index (χ1n) is 7.02. The van der Waals surface area contributed by atoms with E-state index in [9.17, 15) is 19.5 Å². The lowest BCUT2D eigenvalue weighted by Crippen LogP contribution is -2.36. The number of halogens is 3. The van der Waals surface area contributed by atoms with Crippen molar-refractivity contribution in [3.05, 3.63) is 24.5 Å². The summed E-state index contributed by atoms with van der Waals surface area (Å²) in [6.07, 6.45) is -1.15. The second-order valence-electron chi connectivity index (χ2n) is 5.16. The van der Waals surface area contributed by atoms with Crippen LogP contribution in [0.15, 0.2) is 13.4 Å². The first-order valence-corrected chi connectivity index (χ1v) is 9.39. The molecule has 0 spiro atoms. The highest BCUT2D eigenvalue weighted by atomic mass is 79.9. The van der Waals surface area contributed by atoms with Gasteiger partial charge in [0.05, 0.1) is 38.5 Å². The second-order valence-corrected chi connectivity index (χ2v) is 7.54. The maximum Gasteiger partial charge on any atom is 0.256 e. The number of anilines is 1. The van der Waals surface area contributed by atoms with E-state index in [4.69, 9.17) is 15.9 Å². The highest BCUT2D eigenvalue weighted by Gasteiger charge is 2.29. The molecule has 6 N–H and O–H groups in total. The number of likely N-dealkylation sites (N-methyl/N-ethyl adjacent to an activating group) is 1. The van der Waals surface area contributed by atoms with Gasteiger partial charge in [-0.25, -0.2) is 0 Å². The summed E-state index contributed by atoms with van der Waals surface area (Å²) < 4.78 is 0.305. The fraction of sp³-hybridized carbons (Fsp3) is 0.357. The summed E-state index contributed by atoms with van der Waals surface area (Å²) in [7, 11) is 1.39. The number of hydrogen-bond acceptors (Lipinski definition) is 6. The fourth-order valence-corrected chi connectivity index (χ4v) is 4.92. The normalized spacial score (nSPS) is 11.8. The van der Waals surface area contributed by atoms with E-state index in [1.54, 1.807) is 0 Å². The standard InChI is InChI=1S/C14H16Br3N3O6/c1-20(2-5(23)3-21)14(26)8-9(15)7(13(18)25)10(16)12(11(8)17)19-6(24)4-22/h5,21-23H,2-4H2,1H3,(H2,18,25)(H,19,24). The number of benzene rings is 1. The van der Waals surface area contributed by atoms with E-state index in [0.717, 1.165) is 4.90 Å². The Labute approximate surface area is 173 Å². The number of rotatable bonds is 7. The van der Waals surface area contributed by atoms with Gasteiger partial charge in [0.25, 0.3) is 11.8 Å². The maximum absolute atomic E-state index is 12.8. The highest BCUT2D eigenvalue weighted by Crippen LogP contribution is 2.42. The number of nitrogens with one attached hydrogen (secondary N) is 1. The Morgan fingerprint density at radius 2 is 1.65 bits per heavy atom. The molecule has 1 rings (SSSR count). The van der Waals surface area contributed by atoms with Crippen molar-refractivity contribution in [1.82, 2.24) is 4.90 Å². The minimum Gasteiger partial charge on any atom is -0.394 e. The Kier molecular flexibility index (Phi) is 8.63. The van der Waals surface area contributed by atoms with Crippen LogP contribution < -0.4 is 11.1 Å². The molecular weight excluding hydrogens is 546 g/mol. The summed E-state index contributed by atoms with van der Waals surface area (Å²) in [6.45, 7) is -1.52. The molecule has 26 heavy (non-hydrogen) atoms. The maximum atomic E-state index is 12.8. The quantitative estimate of drug-likeness (QED) is 0.325. The van der Waals surface area contributed by atoms with Crippen LogP contribution in [-0.4, -0.2) is 70.9 Å². The Balaban J connectivity index is 3.58. The number of nitrogens with two attached hydrogens (primary N) is 1. The molecule has 1 aromatic carbocycles. The number of primary amides is 1. The van der Waals surface area contributed by atoms with Crippen molar-refractivity contribution >= 4 is 71.2 Å². The third kappa shape index (κ3) is 5.02. The summed E-state index contributed by atoms with van der Waals surface area (Å²) in [5.41, 5.74) is 5.26. The van der Waals surface area contributed by atoms with E-state index < -0.39 is 37.0 Å². The minimum atomic E-state index is -1.15. The van der Waals surface area contributed by atoms with Gasteiger partial charge in [-0.1, -0.05) is 0 Å². The van der Waals surface area contributed by atoms with Gasteiger partial charge in [0.2, 0.25) is 5.91 Å². The van der Waals surface area contributed by atoms with Crippen molar-refractivity contribution < 1.29 is 29.7 Å². The Morgan fingerprint density at radius 1 is 1.12 bits per heavy atom. The molecule has 0 aliphatic heterocycles. The number of nitrogens with zero attached hydrogens (tertiary/aromatic N) is 1. The molecule has 0 radical (unpaired) electrons. The first-order chi connectivity index (χ1) is 12.1. The number of hydrogen-bond donors (Lipinski definition) is 5. The number of amides is 3. The average molecular weight is 562 g/mol. The molecule has 0 fully saturated rings. The number of carbonyl (C=O) groups is 3. The average Bonchev–Trinajstić information content (AvgIpc) is 2.57. The van der Waals surface area contributed by atoms with Gasteiger partial charge in [0.1, 0.15) is 6.61 Å². The first kappa shape index (κ1) is 23.0. The molecule has 0 saturated carbocycles. The molecular formula is C14H16Br3N3O6. The molecule has 144 valence electrons. The fourth-order valence-electron chi connectivity index (χ4n) is 2.00. The number of carbonyl (C=O) groups excluding carboxylic acids is 3. The minimum absolute atomic E-state index is 0.0282. The zero-order chi connectivity index (χ0) is 20.2. The molecule has 9 nitrogen and oxygen atoms in total. The zero-order valence-corrected chi connectivity index (χ0v) is 18.2. The van der Waals surface area contributed by atoms with Crippen molar-refractivity contribution in [1.29, 1.82) is 0 Å². The van der Waals surface area contributed by atoms with Gasteiger partial charge >= 0.3 is 0 Å². The van der Waals surface area contributed by atoms with E-state index in [1.807, 2.05) is 0 Å². The molecule has 3 amide bonds. The van der Waals surface area contributed by atoms with E-state index in [-0.39, 0.29) is 36.8 Å². The predicted molar refractivity (Wildman–Crippen MR) is 104 cm³/mol. The van der Waals surface area contributed by atoms with Gasteiger partial charge in [0, 0.05) is 18.1 Å². The van der Waals surface area contributed by atoms with E-state index in [2.05, 4.69) is 53.1 Å². The second kappa shape index (κ2) is 9.76. The van der Waals surface area contributed by atoms with E-state index in [0.29, 0.717) is 0 Å². The van der Waals surface area contributed by atoms with Crippen LogP contribution in [0.5, 0.6) is 0 Å². The topological polar surface area (TPSA) is 153 Å². The monoisotopic (exact) mass is 559 g/mol. The third-order valence-electron chi connectivity index (χ3n) is 3.23. The highest BCUT2D eigenvalue weighted by molar-refractivity contribution is 9.11. The van der Waals surface area contributed by atoms with Gasteiger partial charge in [0.15, 0.2) is 0 Å². The predicted octanol–water partition coefficient (Wildman–Crippen LogP) is 0.429. The molecule has 0 heterocycles. The lowest BCUT2D eigenvalue weighted by molar-refractivity contribution is -0.118. The van der Waals surface area contributed by atoms with Gasteiger partial charge in [-0.2, -0.15) is 0 Å². The van der Waals surface area contributed by atoms with E-state index >= 15 is 0 Å². The van der Waals surface area contributed by atoms with Crippen LogP contribution >= 0.6 is 47.8 Å². The molecule has 0 bridgehead atoms. The summed E-state index contributed by atoms with van der Waals surface area (Å²) >= 11 is 9.54. The van der Waals surface area contributed by atoms with Crippen LogP contribution in [0, 0.1) is 0 Å². The van der Waals surface area contributed by atoms with Gasteiger partial charge in [-0.15, -0.1) is 0 Å². The van der Waals surface area contributed by atoms with Gasteiger partial charge in [-0.05, 0) is 47.8 Å². The van der Waals surface area contributed by atoms with Crippen molar-refractivity contribution in [2.75, 3.05) is 32.1 Å². The summed E-state index contributed by atoms with van der Waals surface area (Å²) in [6, 6.07) is 0. The Hall–Kier alpha value is -1.05. The summed E-state index contributed by atoms with van der Waals surface area (Å²) in [4.78, 5) is 37.3. The van der Waals surface area contributed by atoms with Crippen molar-refractivity contribution in [3.63, 3.8) is 0 Å². The van der Waals surface area contributed by atoms with Crippen LogP contribution in [0.25, 0.3) is 0 Å². The Morgan fingerprint density at radius 3 is 2.12 bits per heavy atom. The van der Waals surface area contributed by atoms with Crippen molar-refractivity contribution in [2.45, 2.75) is 6.10 Å². The molecule has 0 aromatic heterocycles. The Bertz CT molecular complexity index is 743. The van der Waals surface area contributed by atoms with Crippen LogP contribution in [-0.2, 0) is 4.79 Å². The zero-order valence-electron chi connectivity index (χ0n) is 13.4. The lowest BCUT2D eigenvalue weighted by Gasteiger charge is -2.23. The van der Waals surface area contributed by atoms with Crippen molar-refractivity contribution in [3.8, 4) is 0 Å². The molecule has 1 unspecified atom stereocenters. The summed E-state index contributed by atoms with van der Waals surface area (Å²) in [5, 5.41) is 29.7. The van der Waals surface area contributed by atoms with Gasteiger partial charge < -0.3 is 31.3 Å². The van der Waals surface area contributed by atoms with Crippen molar-refractivity contribution in [2.24, 2.45) is 5.73 Å². The van der Waals surface area contributed by atoms with E-state index in [1.165, 1.54) is 7.05 Å². The molecule has 1 atom stereocenters. The summed E-state index contributed by atoms with van der Waals surface area (Å²) in [5.74, 6) is -2.26. The SMILES string of the molecule is CN(CC(O)CO)C(=O)c1c(Br)c(NC(=O)CO)c(Br)c(C(N)=O)c1Br. The number of aliphatic hydroxyl groups is 3.